The lowest BCUT2D eigenvalue weighted by atomic mass is 10.1. The minimum atomic E-state index is -0.463. The number of amides is 1. The molecule has 0 bridgehead atoms. The zero-order valence-corrected chi connectivity index (χ0v) is 28.2. The molecule has 1 aromatic heterocycles. The van der Waals surface area contributed by atoms with Crippen LogP contribution in [0.1, 0.15) is 22.1 Å². The van der Waals surface area contributed by atoms with Crippen molar-refractivity contribution in [1.29, 1.82) is 0 Å². The zero-order chi connectivity index (χ0) is 34.5. The number of nitrogens with one attached hydrogen (secondary N) is 2. The summed E-state index contributed by atoms with van der Waals surface area (Å²) < 4.78 is 45.5. The summed E-state index contributed by atoms with van der Waals surface area (Å²) in [5.41, 5.74) is 3.88. The van der Waals surface area contributed by atoms with E-state index in [-0.39, 0.29) is 19.1 Å². The summed E-state index contributed by atoms with van der Waals surface area (Å²) in [4.78, 5) is 12.7. The minimum Gasteiger partial charge on any atom is -0.493 e. The Kier molecular flexibility index (Phi) is 9.86. The number of hydrogen-bond acceptors (Lipinski definition) is 11. The highest BCUT2D eigenvalue weighted by Gasteiger charge is 2.26. The van der Waals surface area contributed by atoms with E-state index >= 15 is 0 Å². The Balaban J connectivity index is 1.12. The predicted molar refractivity (Wildman–Crippen MR) is 183 cm³/mol. The topological polar surface area (TPSA) is 132 Å². The highest BCUT2D eigenvalue weighted by Crippen LogP contribution is 2.43. The van der Waals surface area contributed by atoms with Crippen molar-refractivity contribution in [3.63, 3.8) is 0 Å². The van der Waals surface area contributed by atoms with E-state index in [2.05, 4.69) is 15.8 Å². The van der Waals surface area contributed by atoms with E-state index in [1.807, 2.05) is 24.3 Å². The number of halogens is 1. The molecular formula is C36H34ClN3O9. The number of fused-ring (bicyclic) bond motifs is 1. The summed E-state index contributed by atoms with van der Waals surface area (Å²) in [6, 6.07) is 21.5. The van der Waals surface area contributed by atoms with Crippen molar-refractivity contribution < 1.29 is 42.5 Å². The maximum Gasteiger partial charge on any atom is 0.255 e. The van der Waals surface area contributed by atoms with Gasteiger partial charge >= 0.3 is 0 Å². The van der Waals surface area contributed by atoms with Crippen molar-refractivity contribution in [3.05, 3.63) is 88.9 Å². The molecule has 4 aromatic carbocycles. The molecule has 0 fully saturated rings. The number of aromatic nitrogens is 1. The first-order valence-electron chi connectivity index (χ1n) is 15.1. The van der Waals surface area contributed by atoms with Gasteiger partial charge in [0.1, 0.15) is 25.1 Å². The third-order valence-corrected chi connectivity index (χ3v) is 8.07. The Morgan fingerprint density at radius 1 is 0.694 bits per heavy atom. The van der Waals surface area contributed by atoms with Crippen LogP contribution < -0.4 is 43.8 Å². The van der Waals surface area contributed by atoms with E-state index in [1.165, 1.54) is 0 Å². The number of para-hydroxylation sites is 1. The van der Waals surface area contributed by atoms with Crippen LogP contribution in [0.25, 0.3) is 22.6 Å². The van der Waals surface area contributed by atoms with Crippen LogP contribution in [0.5, 0.6) is 40.2 Å². The van der Waals surface area contributed by atoms with Gasteiger partial charge < -0.3 is 48.3 Å². The largest absolute Gasteiger partial charge is 0.493 e. The van der Waals surface area contributed by atoms with Gasteiger partial charge in [0.2, 0.25) is 5.75 Å². The average molecular weight is 688 g/mol. The maximum atomic E-state index is 12.7. The van der Waals surface area contributed by atoms with Crippen LogP contribution in [0.15, 0.2) is 77.3 Å². The fourth-order valence-electron chi connectivity index (χ4n) is 5.49. The van der Waals surface area contributed by atoms with Crippen LogP contribution in [-0.2, 0) is 0 Å². The van der Waals surface area contributed by atoms with Crippen molar-refractivity contribution >= 4 is 23.2 Å². The standard InChI is InChI=1S/C36H34ClN3O9/c1-42-30-15-20(35-38-25-11-10-22(37)18-24(25)36(41)39-35)9-12-27(30)47-13-14-48-28-8-6-7-23(33(28)45-4)26-19-29(49-40-26)21-16-31(43-2)34(46-5)32(17-21)44-3/h6-12,15-19,35,38H,13-14H2,1-5H3,(H,39,41). The fraction of sp³-hybridized carbons (Fsp3) is 0.222. The van der Waals surface area contributed by atoms with Crippen LogP contribution in [0.3, 0.4) is 0 Å². The second kappa shape index (κ2) is 14.6. The Labute approximate surface area is 287 Å². The third-order valence-electron chi connectivity index (χ3n) is 7.84. The van der Waals surface area contributed by atoms with Gasteiger partial charge in [-0.3, -0.25) is 4.79 Å². The molecule has 1 aliphatic heterocycles. The van der Waals surface area contributed by atoms with Crippen LogP contribution in [0, 0.1) is 0 Å². The number of anilines is 1. The van der Waals surface area contributed by atoms with Gasteiger partial charge in [-0.1, -0.05) is 28.9 Å². The van der Waals surface area contributed by atoms with Gasteiger partial charge in [-0.2, -0.15) is 0 Å². The summed E-state index contributed by atoms with van der Waals surface area (Å²) in [6.07, 6.45) is -0.463. The van der Waals surface area contributed by atoms with E-state index in [1.54, 1.807) is 84.1 Å². The van der Waals surface area contributed by atoms with Crippen LogP contribution in [0.4, 0.5) is 5.69 Å². The third kappa shape index (κ3) is 6.81. The van der Waals surface area contributed by atoms with E-state index < -0.39 is 6.17 Å². The highest BCUT2D eigenvalue weighted by atomic mass is 35.5. The van der Waals surface area contributed by atoms with E-state index in [0.29, 0.717) is 79.1 Å². The van der Waals surface area contributed by atoms with Gasteiger partial charge in [0.15, 0.2) is 40.3 Å². The van der Waals surface area contributed by atoms with Gasteiger partial charge in [-0.25, -0.2) is 0 Å². The maximum absolute atomic E-state index is 12.7. The molecule has 0 aliphatic carbocycles. The molecule has 1 atom stereocenters. The first-order chi connectivity index (χ1) is 23.9. The van der Waals surface area contributed by atoms with E-state index in [0.717, 1.165) is 5.56 Å². The first kappa shape index (κ1) is 33.2. The SMILES string of the molecule is COc1cc(C2NC(=O)c3cc(Cl)ccc3N2)ccc1OCCOc1cccc(-c2cc(-c3cc(OC)c(OC)c(OC)c3)on2)c1OC. The van der Waals surface area contributed by atoms with Gasteiger partial charge in [-0.15, -0.1) is 0 Å². The Hall–Kier alpha value is -5.75. The number of carbonyl (C=O) groups excluding carboxylic acids is 1. The average Bonchev–Trinajstić information content (AvgIpc) is 3.63. The van der Waals surface area contributed by atoms with Crippen molar-refractivity contribution in [2.24, 2.45) is 0 Å². The summed E-state index contributed by atoms with van der Waals surface area (Å²) in [5.74, 6) is 3.74. The molecule has 0 saturated carbocycles. The molecule has 0 saturated heterocycles. The number of methoxy groups -OCH3 is 5. The van der Waals surface area contributed by atoms with Gasteiger partial charge in [0.25, 0.3) is 5.91 Å². The summed E-state index contributed by atoms with van der Waals surface area (Å²) in [5, 5.41) is 11.0. The Morgan fingerprint density at radius 3 is 2.10 bits per heavy atom. The van der Waals surface area contributed by atoms with Crippen molar-refractivity contribution in [2.75, 3.05) is 54.1 Å². The predicted octanol–water partition coefficient (Wildman–Crippen LogP) is 7.02. The van der Waals surface area contributed by atoms with Crippen LogP contribution in [-0.4, -0.2) is 59.8 Å². The molecule has 2 heterocycles. The second-order valence-electron chi connectivity index (χ2n) is 10.7. The zero-order valence-electron chi connectivity index (χ0n) is 27.4. The number of benzene rings is 4. The summed E-state index contributed by atoms with van der Waals surface area (Å²) in [6.45, 7) is 0.421. The smallest absolute Gasteiger partial charge is 0.255 e. The molecule has 6 rings (SSSR count). The normalized spacial score (nSPS) is 13.4. The van der Waals surface area contributed by atoms with Gasteiger partial charge in [-0.05, 0) is 60.2 Å². The molecule has 12 nitrogen and oxygen atoms in total. The number of nitrogens with zero attached hydrogens (tertiary/aromatic N) is 1. The van der Waals surface area contributed by atoms with Gasteiger partial charge in [0.05, 0.1) is 41.1 Å². The monoisotopic (exact) mass is 687 g/mol. The molecule has 5 aromatic rings. The molecule has 13 heteroatoms. The quantitative estimate of drug-likeness (QED) is 0.124. The number of hydrogen-bond donors (Lipinski definition) is 2. The number of carbonyl (C=O) groups is 1. The molecule has 1 amide bonds. The lowest BCUT2D eigenvalue weighted by Crippen LogP contribution is -2.38. The minimum absolute atomic E-state index is 0.208. The molecule has 2 N–H and O–H groups in total. The van der Waals surface area contributed by atoms with Crippen molar-refractivity contribution in [2.45, 2.75) is 6.17 Å². The Bertz CT molecular complexity index is 1950. The van der Waals surface area contributed by atoms with E-state index in [4.69, 9.17) is 49.3 Å². The summed E-state index contributed by atoms with van der Waals surface area (Å²) in [7, 11) is 7.76. The number of ether oxygens (including phenoxy) is 7. The van der Waals surface area contributed by atoms with Crippen LogP contribution in [0.2, 0.25) is 5.02 Å². The Morgan fingerprint density at radius 2 is 1.41 bits per heavy atom. The number of rotatable bonds is 13. The molecule has 1 aliphatic rings. The highest BCUT2D eigenvalue weighted by molar-refractivity contribution is 6.31. The fourth-order valence-corrected chi connectivity index (χ4v) is 5.66. The van der Waals surface area contributed by atoms with Crippen molar-refractivity contribution in [1.82, 2.24) is 10.5 Å². The summed E-state index contributed by atoms with van der Waals surface area (Å²) >= 11 is 6.06. The van der Waals surface area contributed by atoms with E-state index in [9.17, 15) is 4.79 Å². The molecule has 0 radical (unpaired) electrons. The molecule has 0 spiro atoms. The molecule has 1 unspecified atom stereocenters. The van der Waals surface area contributed by atoms with Gasteiger partial charge in [0, 0.05) is 27.9 Å². The molecule has 49 heavy (non-hydrogen) atoms. The lowest BCUT2D eigenvalue weighted by Gasteiger charge is -2.28. The van der Waals surface area contributed by atoms with Crippen LogP contribution >= 0.6 is 11.6 Å². The molecule has 254 valence electrons. The molecular weight excluding hydrogens is 654 g/mol. The second-order valence-corrected chi connectivity index (χ2v) is 11.1. The first-order valence-corrected chi connectivity index (χ1v) is 15.5. The van der Waals surface area contributed by atoms with Crippen molar-refractivity contribution in [3.8, 4) is 62.8 Å². The lowest BCUT2D eigenvalue weighted by molar-refractivity contribution is 0.0935.